The quantitative estimate of drug-likeness (QED) is 0.618. The van der Waals surface area contributed by atoms with Gasteiger partial charge < -0.3 is 4.57 Å². The summed E-state index contributed by atoms with van der Waals surface area (Å²) in [6.07, 6.45) is 5.53. The van der Waals surface area contributed by atoms with Crippen LogP contribution in [0.3, 0.4) is 0 Å². The fraction of sp³-hybridized carbons (Fsp3) is 0.0833. The van der Waals surface area contributed by atoms with Crippen molar-refractivity contribution in [3.8, 4) is 0 Å². The van der Waals surface area contributed by atoms with E-state index in [0.717, 1.165) is 17.0 Å². The van der Waals surface area contributed by atoms with Crippen LogP contribution in [0.4, 0.5) is 11.4 Å². The van der Waals surface area contributed by atoms with E-state index in [2.05, 4.69) is 15.3 Å². The van der Waals surface area contributed by atoms with Gasteiger partial charge in [0.25, 0.3) is 0 Å². The number of benzene rings is 1. The molecule has 0 aliphatic heterocycles. The lowest BCUT2D eigenvalue weighted by Gasteiger charge is -1.92. The molecule has 2 aromatic heterocycles. The molecule has 3 aromatic rings. The molecule has 0 spiro atoms. The van der Waals surface area contributed by atoms with Gasteiger partial charge in [-0.05, 0) is 12.1 Å². The molecule has 3 rings (SSSR count). The Kier molecular flexibility index (Phi) is 2.22. The van der Waals surface area contributed by atoms with Gasteiger partial charge in [-0.15, -0.1) is 5.11 Å². The number of fused-ring (bicyclic) bond motifs is 1. The number of aromatic nitrogens is 3. The molecule has 0 saturated heterocycles. The fourth-order valence-corrected chi connectivity index (χ4v) is 1.71. The molecule has 1 aromatic carbocycles. The topological polar surface area (TPSA) is 47.0 Å². The predicted molar refractivity (Wildman–Crippen MR) is 64.8 cm³/mol. The van der Waals surface area contributed by atoms with Gasteiger partial charge in [0.2, 0.25) is 0 Å². The number of hydrogen-bond acceptors (Lipinski definition) is 3. The molecule has 0 aliphatic rings. The molecule has 0 N–H and O–H groups in total. The van der Waals surface area contributed by atoms with Crippen LogP contribution in [0, 0.1) is 0 Å². The summed E-state index contributed by atoms with van der Waals surface area (Å²) < 4.78 is 3.74. The largest absolute Gasteiger partial charge is 0.333 e. The predicted octanol–water partition coefficient (Wildman–Crippen LogP) is 3.09. The molecule has 5 heteroatoms. The van der Waals surface area contributed by atoms with E-state index in [9.17, 15) is 0 Å². The normalized spacial score (nSPS) is 11.6. The SMILES string of the molecule is Cn1ccn2ncc(N=Nc3ccccc3)c12. The molecule has 5 nitrogen and oxygen atoms in total. The summed E-state index contributed by atoms with van der Waals surface area (Å²) >= 11 is 0. The second kappa shape index (κ2) is 3.86. The first-order valence-corrected chi connectivity index (χ1v) is 5.30. The Morgan fingerprint density at radius 1 is 1.06 bits per heavy atom. The maximum Gasteiger partial charge on any atom is 0.163 e. The number of nitrogens with zero attached hydrogens (tertiary/aromatic N) is 5. The van der Waals surface area contributed by atoms with Crippen molar-refractivity contribution in [2.75, 3.05) is 0 Å². The molecular weight excluding hydrogens is 214 g/mol. The van der Waals surface area contributed by atoms with E-state index in [1.165, 1.54) is 0 Å². The van der Waals surface area contributed by atoms with Crippen LogP contribution in [0.15, 0.2) is 59.2 Å². The van der Waals surface area contributed by atoms with Crippen molar-refractivity contribution >= 4 is 17.0 Å². The average Bonchev–Trinajstić information content (AvgIpc) is 2.92. The van der Waals surface area contributed by atoms with Crippen LogP contribution in [0.2, 0.25) is 0 Å². The minimum absolute atomic E-state index is 0.765. The number of aryl methyl sites for hydroxylation is 1. The van der Waals surface area contributed by atoms with Crippen LogP contribution in [-0.4, -0.2) is 14.2 Å². The van der Waals surface area contributed by atoms with Gasteiger partial charge in [-0.25, -0.2) is 4.52 Å². The van der Waals surface area contributed by atoms with Crippen LogP contribution < -0.4 is 0 Å². The lowest BCUT2D eigenvalue weighted by Crippen LogP contribution is -1.85. The van der Waals surface area contributed by atoms with Gasteiger partial charge >= 0.3 is 0 Å². The zero-order chi connectivity index (χ0) is 11.7. The van der Waals surface area contributed by atoms with E-state index in [0.29, 0.717) is 0 Å². The van der Waals surface area contributed by atoms with Crippen LogP contribution in [-0.2, 0) is 7.05 Å². The van der Waals surface area contributed by atoms with E-state index in [-0.39, 0.29) is 0 Å². The van der Waals surface area contributed by atoms with Crippen molar-refractivity contribution in [2.24, 2.45) is 17.3 Å². The van der Waals surface area contributed by atoms with Crippen molar-refractivity contribution in [3.63, 3.8) is 0 Å². The second-order valence-electron chi connectivity index (χ2n) is 3.74. The summed E-state index contributed by atoms with van der Waals surface area (Å²) in [7, 11) is 1.96. The summed E-state index contributed by atoms with van der Waals surface area (Å²) in [6.45, 7) is 0. The summed E-state index contributed by atoms with van der Waals surface area (Å²) in [5.74, 6) is 0. The second-order valence-corrected chi connectivity index (χ2v) is 3.74. The monoisotopic (exact) mass is 225 g/mol. The van der Waals surface area contributed by atoms with Crippen LogP contribution in [0.1, 0.15) is 0 Å². The third kappa shape index (κ3) is 1.71. The Balaban J connectivity index is 2.00. The number of imidazole rings is 1. The maximum atomic E-state index is 4.22. The highest BCUT2D eigenvalue weighted by molar-refractivity contribution is 5.63. The van der Waals surface area contributed by atoms with Crippen molar-refractivity contribution in [2.45, 2.75) is 0 Å². The lowest BCUT2D eigenvalue weighted by molar-refractivity contribution is 0.928. The number of rotatable bonds is 2. The van der Waals surface area contributed by atoms with Crippen LogP contribution in [0.5, 0.6) is 0 Å². The molecule has 0 fully saturated rings. The molecule has 0 aliphatic carbocycles. The van der Waals surface area contributed by atoms with Gasteiger partial charge in [-0.1, -0.05) is 18.2 Å². The van der Waals surface area contributed by atoms with Gasteiger partial charge in [0.15, 0.2) is 5.65 Å². The molecule has 0 saturated carbocycles. The minimum atomic E-state index is 0.765. The molecule has 0 amide bonds. The maximum absolute atomic E-state index is 4.22. The Bertz CT molecular complexity index is 663. The molecule has 17 heavy (non-hydrogen) atoms. The van der Waals surface area contributed by atoms with Crippen LogP contribution >= 0.6 is 0 Å². The van der Waals surface area contributed by atoms with E-state index in [1.54, 1.807) is 10.7 Å². The van der Waals surface area contributed by atoms with Gasteiger partial charge in [-0.2, -0.15) is 10.2 Å². The molecular formula is C12H11N5. The summed E-state index contributed by atoms with van der Waals surface area (Å²) in [5.41, 5.74) is 2.53. The molecule has 0 radical (unpaired) electrons. The third-order valence-electron chi connectivity index (χ3n) is 2.55. The summed E-state index contributed by atoms with van der Waals surface area (Å²) in [5, 5.41) is 12.6. The molecule has 0 unspecified atom stereocenters. The standard InChI is InChI=1S/C12H11N5/c1-16-7-8-17-12(16)11(9-13-17)15-14-10-5-3-2-4-6-10/h2-9H,1H3. The van der Waals surface area contributed by atoms with E-state index < -0.39 is 0 Å². The highest BCUT2D eigenvalue weighted by atomic mass is 15.3. The summed E-state index contributed by atoms with van der Waals surface area (Å²) in [6, 6.07) is 9.65. The van der Waals surface area contributed by atoms with E-state index in [4.69, 9.17) is 0 Å². The van der Waals surface area contributed by atoms with Gasteiger partial charge in [0, 0.05) is 19.4 Å². The molecule has 0 atom stereocenters. The van der Waals surface area contributed by atoms with Crippen molar-refractivity contribution in [3.05, 3.63) is 48.9 Å². The minimum Gasteiger partial charge on any atom is -0.333 e. The van der Waals surface area contributed by atoms with Crippen LogP contribution in [0.25, 0.3) is 5.65 Å². The Labute approximate surface area is 98.0 Å². The smallest absolute Gasteiger partial charge is 0.163 e. The first-order valence-electron chi connectivity index (χ1n) is 5.30. The molecule has 2 heterocycles. The van der Waals surface area contributed by atoms with E-state index in [1.807, 2.05) is 54.3 Å². The summed E-state index contributed by atoms with van der Waals surface area (Å²) in [4.78, 5) is 0. The molecule has 0 bridgehead atoms. The van der Waals surface area contributed by atoms with Gasteiger partial charge in [0.1, 0.15) is 5.69 Å². The number of hydrogen-bond donors (Lipinski definition) is 0. The third-order valence-corrected chi connectivity index (χ3v) is 2.55. The zero-order valence-electron chi connectivity index (χ0n) is 9.35. The zero-order valence-corrected chi connectivity index (χ0v) is 9.35. The van der Waals surface area contributed by atoms with Crippen molar-refractivity contribution in [1.82, 2.24) is 14.2 Å². The number of azo groups is 1. The molecule has 84 valence electrons. The van der Waals surface area contributed by atoms with E-state index >= 15 is 0 Å². The highest BCUT2D eigenvalue weighted by Gasteiger charge is 2.05. The Hall–Kier alpha value is -2.43. The van der Waals surface area contributed by atoms with Crippen molar-refractivity contribution < 1.29 is 0 Å². The Morgan fingerprint density at radius 2 is 1.88 bits per heavy atom. The van der Waals surface area contributed by atoms with Crippen molar-refractivity contribution in [1.29, 1.82) is 0 Å². The first kappa shape index (κ1) is 9.77. The highest BCUT2D eigenvalue weighted by Crippen LogP contribution is 2.22. The lowest BCUT2D eigenvalue weighted by atomic mass is 10.3. The average molecular weight is 225 g/mol. The Morgan fingerprint density at radius 3 is 2.71 bits per heavy atom. The fourth-order valence-electron chi connectivity index (χ4n) is 1.71. The van der Waals surface area contributed by atoms with Gasteiger partial charge in [-0.3, -0.25) is 0 Å². The first-order chi connectivity index (χ1) is 8.34. The van der Waals surface area contributed by atoms with Gasteiger partial charge in [0.05, 0.1) is 11.9 Å².